The molecule has 0 aliphatic carbocycles. The molecule has 1 heterocycles. The van der Waals surface area contributed by atoms with E-state index in [-0.39, 0.29) is 0 Å². The van der Waals surface area contributed by atoms with Crippen LogP contribution in [0.5, 0.6) is 0 Å². The van der Waals surface area contributed by atoms with Crippen LogP contribution >= 0.6 is 23.2 Å². The lowest BCUT2D eigenvalue weighted by Gasteiger charge is -2.08. The van der Waals surface area contributed by atoms with Gasteiger partial charge in [0, 0.05) is 18.6 Å². The van der Waals surface area contributed by atoms with Crippen LogP contribution in [-0.2, 0) is 0 Å². The van der Waals surface area contributed by atoms with E-state index in [1.807, 2.05) is 12.1 Å². The second-order valence-corrected chi connectivity index (χ2v) is 4.44. The summed E-state index contributed by atoms with van der Waals surface area (Å²) in [7, 11) is 0. The molecule has 84 valence electrons. The van der Waals surface area contributed by atoms with Crippen LogP contribution in [0.15, 0.2) is 18.3 Å². The molecule has 0 bridgehead atoms. The summed E-state index contributed by atoms with van der Waals surface area (Å²) < 4.78 is 0. The van der Waals surface area contributed by atoms with Crippen molar-refractivity contribution in [2.45, 2.75) is 19.8 Å². The van der Waals surface area contributed by atoms with Gasteiger partial charge in [-0.15, -0.1) is 11.6 Å². The number of alkyl halides is 1. The smallest absolute Gasteiger partial charge is 0.125 e. The number of hydrogen-bond acceptors (Lipinski definition) is 2. The van der Waals surface area contributed by atoms with Crippen LogP contribution in [0.3, 0.4) is 0 Å². The highest BCUT2D eigenvalue weighted by molar-refractivity contribution is 6.30. The fourth-order valence-electron chi connectivity index (χ4n) is 1.22. The maximum absolute atomic E-state index is 5.73. The van der Waals surface area contributed by atoms with Gasteiger partial charge in [-0.1, -0.05) is 18.5 Å². The molecule has 1 aromatic rings. The lowest BCUT2D eigenvalue weighted by atomic mass is 10.1. The maximum Gasteiger partial charge on any atom is 0.125 e. The van der Waals surface area contributed by atoms with E-state index in [2.05, 4.69) is 17.2 Å². The number of pyridine rings is 1. The minimum Gasteiger partial charge on any atom is -0.370 e. The average Bonchev–Trinajstić information content (AvgIpc) is 2.26. The Kier molecular flexibility index (Phi) is 5.81. The molecule has 0 fully saturated rings. The SMILES string of the molecule is CC(CCl)CCCNc1ccc(Cl)cn1. The van der Waals surface area contributed by atoms with Crippen molar-refractivity contribution in [3.63, 3.8) is 0 Å². The molecule has 0 aliphatic rings. The zero-order valence-electron chi connectivity index (χ0n) is 8.84. The summed E-state index contributed by atoms with van der Waals surface area (Å²) in [6.07, 6.45) is 3.90. The first-order valence-electron chi connectivity index (χ1n) is 5.13. The second kappa shape index (κ2) is 6.91. The van der Waals surface area contributed by atoms with Crippen molar-refractivity contribution >= 4 is 29.0 Å². The standard InChI is InChI=1S/C11H16Cl2N2/c1-9(7-12)3-2-6-14-11-5-4-10(13)8-15-11/h4-5,8-9H,2-3,6-7H2,1H3,(H,14,15). The Labute approximate surface area is 101 Å². The molecule has 1 atom stereocenters. The highest BCUT2D eigenvalue weighted by Gasteiger charge is 1.99. The van der Waals surface area contributed by atoms with Crippen LogP contribution in [0.4, 0.5) is 5.82 Å². The van der Waals surface area contributed by atoms with E-state index >= 15 is 0 Å². The predicted octanol–water partition coefficient (Wildman–Crippen LogP) is 3.80. The molecule has 1 unspecified atom stereocenters. The van der Waals surface area contributed by atoms with Crippen molar-refractivity contribution in [1.82, 2.24) is 4.98 Å². The molecule has 1 aromatic heterocycles. The summed E-state index contributed by atoms with van der Waals surface area (Å²) in [6.45, 7) is 3.09. The fourth-order valence-corrected chi connectivity index (χ4v) is 1.49. The van der Waals surface area contributed by atoms with Crippen LogP contribution in [0.1, 0.15) is 19.8 Å². The van der Waals surface area contributed by atoms with Crippen molar-refractivity contribution in [3.8, 4) is 0 Å². The molecule has 0 aliphatic heterocycles. The Morgan fingerprint density at radius 3 is 2.87 bits per heavy atom. The average molecular weight is 247 g/mol. The number of anilines is 1. The third-order valence-electron chi connectivity index (χ3n) is 2.17. The Balaban J connectivity index is 2.17. The minimum atomic E-state index is 0.589. The number of aromatic nitrogens is 1. The van der Waals surface area contributed by atoms with Gasteiger partial charge < -0.3 is 5.32 Å². The van der Waals surface area contributed by atoms with Gasteiger partial charge in [-0.3, -0.25) is 0 Å². The zero-order chi connectivity index (χ0) is 11.1. The molecule has 4 heteroatoms. The van der Waals surface area contributed by atoms with E-state index in [1.165, 1.54) is 0 Å². The molecule has 0 saturated carbocycles. The highest BCUT2D eigenvalue weighted by atomic mass is 35.5. The normalized spacial score (nSPS) is 12.5. The predicted molar refractivity (Wildman–Crippen MR) is 66.9 cm³/mol. The van der Waals surface area contributed by atoms with Gasteiger partial charge in [0.1, 0.15) is 5.82 Å². The first-order chi connectivity index (χ1) is 7.22. The Morgan fingerprint density at radius 2 is 2.27 bits per heavy atom. The summed E-state index contributed by atoms with van der Waals surface area (Å²) in [5, 5.41) is 3.90. The molecule has 0 aromatic carbocycles. The second-order valence-electron chi connectivity index (χ2n) is 3.69. The molecular weight excluding hydrogens is 231 g/mol. The van der Waals surface area contributed by atoms with E-state index in [1.54, 1.807) is 6.20 Å². The molecular formula is C11H16Cl2N2. The zero-order valence-corrected chi connectivity index (χ0v) is 10.4. The summed E-state index contributed by atoms with van der Waals surface area (Å²) in [6, 6.07) is 3.71. The lowest BCUT2D eigenvalue weighted by Crippen LogP contribution is -2.05. The Morgan fingerprint density at radius 1 is 1.47 bits per heavy atom. The maximum atomic E-state index is 5.73. The van der Waals surface area contributed by atoms with Crippen LogP contribution in [0.2, 0.25) is 5.02 Å². The first kappa shape index (κ1) is 12.6. The van der Waals surface area contributed by atoms with E-state index in [0.717, 1.165) is 31.1 Å². The molecule has 1 rings (SSSR count). The molecule has 0 radical (unpaired) electrons. The number of hydrogen-bond donors (Lipinski definition) is 1. The van der Waals surface area contributed by atoms with Gasteiger partial charge in [-0.05, 0) is 30.9 Å². The molecule has 15 heavy (non-hydrogen) atoms. The van der Waals surface area contributed by atoms with Gasteiger partial charge in [0.25, 0.3) is 0 Å². The number of nitrogens with zero attached hydrogens (tertiary/aromatic N) is 1. The van der Waals surface area contributed by atoms with E-state index < -0.39 is 0 Å². The van der Waals surface area contributed by atoms with Gasteiger partial charge in [0.05, 0.1) is 5.02 Å². The molecule has 0 saturated heterocycles. The van der Waals surface area contributed by atoms with Gasteiger partial charge in [0.2, 0.25) is 0 Å². The van der Waals surface area contributed by atoms with Crippen molar-refractivity contribution in [2.75, 3.05) is 17.7 Å². The monoisotopic (exact) mass is 246 g/mol. The minimum absolute atomic E-state index is 0.589. The Hall–Kier alpha value is -0.470. The van der Waals surface area contributed by atoms with Crippen molar-refractivity contribution in [3.05, 3.63) is 23.4 Å². The number of halogens is 2. The van der Waals surface area contributed by atoms with Crippen molar-refractivity contribution in [1.29, 1.82) is 0 Å². The van der Waals surface area contributed by atoms with E-state index in [4.69, 9.17) is 23.2 Å². The summed E-state index contributed by atoms with van der Waals surface area (Å²) >= 11 is 11.4. The molecule has 2 nitrogen and oxygen atoms in total. The summed E-state index contributed by atoms with van der Waals surface area (Å²) in [5.74, 6) is 2.20. The van der Waals surface area contributed by atoms with E-state index in [9.17, 15) is 0 Å². The largest absolute Gasteiger partial charge is 0.370 e. The molecule has 0 amide bonds. The third-order valence-corrected chi connectivity index (χ3v) is 2.92. The van der Waals surface area contributed by atoms with E-state index in [0.29, 0.717) is 10.9 Å². The quantitative estimate of drug-likeness (QED) is 0.610. The number of nitrogens with one attached hydrogen (secondary N) is 1. The van der Waals surface area contributed by atoms with Crippen molar-refractivity contribution < 1.29 is 0 Å². The van der Waals surface area contributed by atoms with Crippen LogP contribution in [0.25, 0.3) is 0 Å². The highest BCUT2D eigenvalue weighted by Crippen LogP contribution is 2.11. The van der Waals surface area contributed by atoms with Crippen LogP contribution < -0.4 is 5.32 Å². The summed E-state index contributed by atoms with van der Waals surface area (Å²) in [5.41, 5.74) is 0. The summed E-state index contributed by atoms with van der Waals surface area (Å²) in [4.78, 5) is 4.15. The van der Waals surface area contributed by atoms with Gasteiger partial charge in [0.15, 0.2) is 0 Å². The van der Waals surface area contributed by atoms with Gasteiger partial charge in [-0.25, -0.2) is 4.98 Å². The van der Waals surface area contributed by atoms with Crippen LogP contribution in [0, 0.1) is 5.92 Å². The topological polar surface area (TPSA) is 24.9 Å². The number of rotatable bonds is 6. The fraction of sp³-hybridized carbons (Fsp3) is 0.545. The van der Waals surface area contributed by atoms with Crippen LogP contribution in [-0.4, -0.2) is 17.4 Å². The van der Waals surface area contributed by atoms with Gasteiger partial charge in [-0.2, -0.15) is 0 Å². The third kappa shape index (κ3) is 5.24. The first-order valence-corrected chi connectivity index (χ1v) is 6.05. The molecule has 0 spiro atoms. The molecule has 1 N–H and O–H groups in total. The van der Waals surface area contributed by atoms with Crippen molar-refractivity contribution in [2.24, 2.45) is 5.92 Å². The van der Waals surface area contributed by atoms with Gasteiger partial charge >= 0.3 is 0 Å². The lowest BCUT2D eigenvalue weighted by molar-refractivity contribution is 0.572. The Bertz CT molecular complexity index is 274.